The van der Waals surface area contributed by atoms with Crippen molar-refractivity contribution in [3.63, 3.8) is 0 Å². The van der Waals surface area contributed by atoms with Crippen molar-refractivity contribution in [2.24, 2.45) is 0 Å². The molecule has 0 amide bonds. The Labute approximate surface area is 160 Å². The van der Waals surface area contributed by atoms with Gasteiger partial charge in [-0.15, -0.1) is 0 Å². The van der Waals surface area contributed by atoms with Crippen LogP contribution in [0.2, 0.25) is 0 Å². The fraction of sp³-hybridized carbons (Fsp3) is 0.190. The Morgan fingerprint density at radius 2 is 1.78 bits per heavy atom. The smallest absolute Gasteiger partial charge is 0.262 e. The van der Waals surface area contributed by atoms with Crippen molar-refractivity contribution in [3.8, 4) is 0 Å². The number of nitrogens with one attached hydrogen (secondary N) is 2. The third-order valence-electron chi connectivity index (χ3n) is 4.31. The molecule has 2 aromatic carbocycles. The third-order valence-corrected chi connectivity index (χ3v) is 5.83. The molecule has 0 bridgehead atoms. The van der Waals surface area contributed by atoms with E-state index in [1.54, 1.807) is 31.2 Å². The first-order valence-corrected chi connectivity index (χ1v) is 10.3. The predicted molar refractivity (Wildman–Crippen MR) is 110 cm³/mol. The number of benzene rings is 2. The molecule has 6 heteroatoms. The van der Waals surface area contributed by atoms with E-state index in [2.05, 4.69) is 28.0 Å². The van der Waals surface area contributed by atoms with Crippen molar-refractivity contribution in [2.45, 2.75) is 32.1 Å². The highest BCUT2D eigenvalue weighted by atomic mass is 32.2. The second-order valence-corrected chi connectivity index (χ2v) is 8.09. The Balaban J connectivity index is 1.78. The van der Waals surface area contributed by atoms with Crippen LogP contribution in [0, 0.1) is 13.8 Å². The summed E-state index contributed by atoms with van der Waals surface area (Å²) in [6.07, 6.45) is 2.43. The summed E-state index contributed by atoms with van der Waals surface area (Å²) < 4.78 is 28.0. The molecule has 0 saturated carbocycles. The molecule has 1 aromatic heterocycles. The zero-order chi connectivity index (χ0) is 19.4. The molecule has 0 radical (unpaired) electrons. The van der Waals surface area contributed by atoms with E-state index in [-0.39, 0.29) is 4.90 Å². The standard InChI is InChI=1S/C21H23N3O2S/c1-4-17-7-5-6-8-19(17)23-21-12-11-18(14-22-21)24-27(25,26)20-13-15(2)9-10-16(20)3/h5-14,24H,4H2,1-3H3,(H,22,23). The Hall–Kier alpha value is -2.86. The summed E-state index contributed by atoms with van der Waals surface area (Å²) in [7, 11) is -3.66. The first-order valence-electron chi connectivity index (χ1n) is 8.80. The van der Waals surface area contributed by atoms with Gasteiger partial charge in [-0.25, -0.2) is 13.4 Å². The van der Waals surface area contributed by atoms with Gasteiger partial charge in [0.05, 0.1) is 16.8 Å². The quantitative estimate of drug-likeness (QED) is 0.643. The molecule has 0 fully saturated rings. The molecule has 0 aliphatic carbocycles. The number of pyridine rings is 1. The van der Waals surface area contributed by atoms with Crippen LogP contribution >= 0.6 is 0 Å². The Morgan fingerprint density at radius 1 is 1.00 bits per heavy atom. The molecule has 3 aromatic rings. The van der Waals surface area contributed by atoms with Gasteiger partial charge >= 0.3 is 0 Å². The van der Waals surface area contributed by atoms with Crippen LogP contribution in [0.4, 0.5) is 17.2 Å². The lowest BCUT2D eigenvalue weighted by atomic mass is 10.1. The minimum Gasteiger partial charge on any atom is -0.340 e. The first-order chi connectivity index (χ1) is 12.9. The van der Waals surface area contributed by atoms with Crippen molar-refractivity contribution in [1.29, 1.82) is 0 Å². The predicted octanol–water partition coefficient (Wildman–Crippen LogP) is 4.81. The van der Waals surface area contributed by atoms with Crippen LogP contribution in [0.1, 0.15) is 23.6 Å². The summed E-state index contributed by atoms with van der Waals surface area (Å²) in [5, 5.41) is 3.27. The van der Waals surface area contributed by atoms with E-state index in [9.17, 15) is 8.42 Å². The number of aryl methyl sites for hydroxylation is 3. The molecular weight excluding hydrogens is 358 g/mol. The van der Waals surface area contributed by atoms with E-state index < -0.39 is 10.0 Å². The summed E-state index contributed by atoms with van der Waals surface area (Å²) in [6, 6.07) is 16.9. The van der Waals surface area contributed by atoms with E-state index in [1.807, 2.05) is 31.2 Å². The average molecular weight is 382 g/mol. The maximum atomic E-state index is 12.7. The third kappa shape index (κ3) is 4.46. The SMILES string of the molecule is CCc1ccccc1Nc1ccc(NS(=O)(=O)c2cc(C)ccc2C)cn1. The highest BCUT2D eigenvalue weighted by Gasteiger charge is 2.17. The normalized spacial score (nSPS) is 11.2. The van der Waals surface area contributed by atoms with Crippen molar-refractivity contribution >= 4 is 27.2 Å². The average Bonchev–Trinajstić information content (AvgIpc) is 2.65. The number of aromatic nitrogens is 1. The lowest BCUT2D eigenvalue weighted by molar-refractivity contribution is 0.600. The number of nitrogens with zero attached hydrogens (tertiary/aromatic N) is 1. The van der Waals surface area contributed by atoms with Crippen molar-refractivity contribution in [1.82, 2.24) is 4.98 Å². The maximum absolute atomic E-state index is 12.7. The van der Waals surface area contributed by atoms with Gasteiger partial charge in [0.25, 0.3) is 10.0 Å². The summed E-state index contributed by atoms with van der Waals surface area (Å²) in [5.41, 5.74) is 4.21. The van der Waals surface area contributed by atoms with E-state index in [0.717, 1.165) is 17.7 Å². The molecule has 140 valence electrons. The highest BCUT2D eigenvalue weighted by molar-refractivity contribution is 7.92. The summed E-state index contributed by atoms with van der Waals surface area (Å²) in [5.74, 6) is 0.658. The van der Waals surface area contributed by atoms with Gasteiger partial charge in [0, 0.05) is 5.69 Å². The summed E-state index contributed by atoms with van der Waals surface area (Å²) in [4.78, 5) is 4.61. The molecule has 5 nitrogen and oxygen atoms in total. The monoisotopic (exact) mass is 381 g/mol. The van der Waals surface area contributed by atoms with E-state index in [1.165, 1.54) is 11.8 Å². The van der Waals surface area contributed by atoms with Gasteiger partial charge < -0.3 is 5.32 Å². The van der Waals surface area contributed by atoms with Gasteiger partial charge in [0.15, 0.2) is 0 Å². The van der Waals surface area contributed by atoms with Crippen LogP contribution in [0.25, 0.3) is 0 Å². The Kier molecular flexibility index (Phi) is 5.46. The molecule has 1 heterocycles. The molecular formula is C21H23N3O2S. The van der Waals surface area contributed by atoms with Gasteiger partial charge in [-0.1, -0.05) is 37.3 Å². The molecule has 3 rings (SSSR count). The molecule has 27 heavy (non-hydrogen) atoms. The number of sulfonamides is 1. The van der Waals surface area contributed by atoms with E-state index in [0.29, 0.717) is 17.1 Å². The molecule has 0 unspecified atom stereocenters. The van der Waals surface area contributed by atoms with E-state index in [4.69, 9.17) is 0 Å². The lowest BCUT2D eigenvalue weighted by Crippen LogP contribution is -2.14. The fourth-order valence-electron chi connectivity index (χ4n) is 2.82. The second kappa shape index (κ2) is 7.80. The van der Waals surface area contributed by atoms with Crippen LogP contribution in [-0.2, 0) is 16.4 Å². The zero-order valence-corrected chi connectivity index (χ0v) is 16.5. The van der Waals surface area contributed by atoms with Gasteiger partial charge in [-0.3, -0.25) is 4.72 Å². The minimum atomic E-state index is -3.66. The van der Waals surface area contributed by atoms with Crippen LogP contribution in [0.3, 0.4) is 0 Å². The van der Waals surface area contributed by atoms with Crippen LogP contribution in [0.15, 0.2) is 65.7 Å². The summed E-state index contributed by atoms with van der Waals surface area (Å²) >= 11 is 0. The number of anilines is 3. The summed E-state index contributed by atoms with van der Waals surface area (Å²) in [6.45, 7) is 5.75. The van der Waals surface area contributed by atoms with Gasteiger partial charge in [0.1, 0.15) is 5.82 Å². The highest BCUT2D eigenvalue weighted by Crippen LogP contribution is 2.23. The van der Waals surface area contributed by atoms with E-state index >= 15 is 0 Å². The maximum Gasteiger partial charge on any atom is 0.262 e. The van der Waals surface area contributed by atoms with Crippen LogP contribution in [0.5, 0.6) is 0 Å². The van der Waals surface area contributed by atoms with Gasteiger partial charge in [0.2, 0.25) is 0 Å². The van der Waals surface area contributed by atoms with Crippen LogP contribution in [-0.4, -0.2) is 13.4 Å². The topological polar surface area (TPSA) is 71.1 Å². The zero-order valence-electron chi connectivity index (χ0n) is 15.7. The Bertz CT molecular complexity index is 1050. The number of hydrogen-bond donors (Lipinski definition) is 2. The van der Waals surface area contributed by atoms with Crippen molar-refractivity contribution in [3.05, 3.63) is 77.5 Å². The van der Waals surface area contributed by atoms with Crippen molar-refractivity contribution in [2.75, 3.05) is 10.0 Å². The molecule has 0 atom stereocenters. The lowest BCUT2D eigenvalue weighted by Gasteiger charge is -2.12. The van der Waals surface area contributed by atoms with Crippen molar-refractivity contribution < 1.29 is 8.42 Å². The van der Waals surface area contributed by atoms with Crippen LogP contribution < -0.4 is 10.0 Å². The second-order valence-electron chi connectivity index (χ2n) is 6.44. The number of para-hydroxylation sites is 1. The minimum absolute atomic E-state index is 0.279. The van der Waals surface area contributed by atoms with Gasteiger partial charge in [-0.05, 0) is 61.2 Å². The molecule has 2 N–H and O–H groups in total. The van der Waals surface area contributed by atoms with Gasteiger partial charge in [-0.2, -0.15) is 0 Å². The molecule has 0 spiro atoms. The molecule has 0 aliphatic rings. The number of rotatable bonds is 6. The molecule has 0 aliphatic heterocycles. The Morgan fingerprint density at radius 3 is 2.48 bits per heavy atom. The molecule has 0 saturated heterocycles. The fourth-order valence-corrected chi connectivity index (χ4v) is 4.20. The number of hydrogen-bond acceptors (Lipinski definition) is 4. The largest absolute Gasteiger partial charge is 0.340 e. The first kappa shape index (κ1) is 18.9.